The van der Waals surface area contributed by atoms with Gasteiger partial charge in [0.25, 0.3) is 5.91 Å². The van der Waals surface area contributed by atoms with Crippen molar-refractivity contribution in [3.05, 3.63) is 63.6 Å². The zero-order valence-corrected chi connectivity index (χ0v) is 12.1. The molecule has 0 saturated heterocycles. The van der Waals surface area contributed by atoms with E-state index in [-0.39, 0.29) is 5.91 Å². The number of benzene rings is 2. The smallest absolute Gasteiger partial charge is 0.266 e. The van der Waals surface area contributed by atoms with E-state index in [0.717, 1.165) is 0 Å². The van der Waals surface area contributed by atoms with Crippen LogP contribution in [0.2, 0.25) is 10.0 Å². The molecule has 1 N–H and O–H groups in total. The Labute approximate surface area is 126 Å². The molecular formula is C15H11Cl2NO2. The summed E-state index contributed by atoms with van der Waals surface area (Å²) >= 11 is 12.3. The molecule has 5 heteroatoms. The van der Waals surface area contributed by atoms with Crippen LogP contribution in [0.15, 0.2) is 42.5 Å². The lowest BCUT2D eigenvalue weighted by molar-refractivity contribution is -0.132. The fraction of sp³-hybridized carbons (Fsp3) is 0.133. The van der Waals surface area contributed by atoms with Crippen LogP contribution in [0, 0.1) is 0 Å². The van der Waals surface area contributed by atoms with Gasteiger partial charge >= 0.3 is 0 Å². The van der Waals surface area contributed by atoms with E-state index in [9.17, 15) is 4.79 Å². The molecular weight excluding hydrogens is 297 g/mol. The highest BCUT2D eigenvalue weighted by Crippen LogP contribution is 2.46. The van der Waals surface area contributed by atoms with Gasteiger partial charge in [-0.15, -0.1) is 0 Å². The maximum atomic E-state index is 12.5. The third kappa shape index (κ3) is 1.74. The molecule has 0 saturated carbocycles. The predicted octanol–water partition coefficient (Wildman–Crippen LogP) is 3.84. The molecule has 1 aliphatic rings. The van der Waals surface area contributed by atoms with Gasteiger partial charge in [0, 0.05) is 34.0 Å². The van der Waals surface area contributed by atoms with Gasteiger partial charge in [-0.2, -0.15) is 0 Å². The van der Waals surface area contributed by atoms with Crippen molar-refractivity contribution in [3.63, 3.8) is 0 Å². The number of rotatable bonds is 2. The van der Waals surface area contributed by atoms with Crippen molar-refractivity contribution >= 4 is 34.8 Å². The molecule has 0 spiro atoms. The average Bonchev–Trinajstić information content (AvgIpc) is 2.72. The van der Waals surface area contributed by atoms with Crippen LogP contribution in [0.3, 0.4) is 0 Å². The molecule has 2 aromatic rings. The molecule has 0 fully saturated rings. The summed E-state index contributed by atoms with van der Waals surface area (Å²) in [4.78, 5) is 12.5. The number of hydrogen-bond acceptors (Lipinski definition) is 2. The highest BCUT2D eigenvalue weighted by Gasteiger charge is 2.50. The van der Waals surface area contributed by atoms with Crippen LogP contribution >= 0.6 is 23.2 Å². The van der Waals surface area contributed by atoms with E-state index in [4.69, 9.17) is 27.9 Å². The van der Waals surface area contributed by atoms with Gasteiger partial charge < -0.3 is 10.1 Å². The Bertz CT molecular complexity index is 702. The van der Waals surface area contributed by atoms with Gasteiger partial charge in [-0.05, 0) is 24.3 Å². The van der Waals surface area contributed by atoms with Crippen molar-refractivity contribution < 1.29 is 9.53 Å². The normalized spacial score (nSPS) is 20.6. The number of amides is 1. The van der Waals surface area contributed by atoms with Gasteiger partial charge in [0.05, 0.1) is 0 Å². The first kappa shape index (κ1) is 13.4. The number of carbonyl (C=O) groups excluding carboxylic acids is 1. The standard InChI is InChI=1S/C15H11Cl2NO2/c1-20-15(10-4-2-3-5-12(10)17)11-8-9(16)6-7-13(11)18-14(15)19/h2-8H,1H3,(H,18,19). The molecule has 1 aliphatic heterocycles. The molecule has 1 atom stereocenters. The second-order valence-electron chi connectivity index (χ2n) is 4.51. The first-order chi connectivity index (χ1) is 9.59. The van der Waals surface area contributed by atoms with E-state index in [1.54, 1.807) is 36.4 Å². The summed E-state index contributed by atoms with van der Waals surface area (Å²) in [5.74, 6) is -0.273. The van der Waals surface area contributed by atoms with Gasteiger partial charge in [0.15, 0.2) is 5.60 Å². The minimum Gasteiger partial charge on any atom is -0.359 e. The van der Waals surface area contributed by atoms with Crippen LogP contribution in [0.5, 0.6) is 0 Å². The summed E-state index contributed by atoms with van der Waals surface area (Å²) < 4.78 is 5.60. The number of carbonyl (C=O) groups is 1. The number of fused-ring (bicyclic) bond motifs is 1. The van der Waals surface area contributed by atoms with Gasteiger partial charge in [-0.25, -0.2) is 0 Å². The van der Waals surface area contributed by atoms with Crippen molar-refractivity contribution in [2.75, 3.05) is 12.4 Å². The number of nitrogens with one attached hydrogen (secondary N) is 1. The van der Waals surface area contributed by atoms with Crippen molar-refractivity contribution in [2.24, 2.45) is 0 Å². The number of halogens is 2. The highest BCUT2D eigenvalue weighted by molar-refractivity contribution is 6.32. The van der Waals surface area contributed by atoms with Crippen LogP contribution in [-0.4, -0.2) is 13.0 Å². The summed E-state index contributed by atoms with van der Waals surface area (Å²) in [5, 5.41) is 3.82. The van der Waals surface area contributed by atoms with Crippen LogP contribution in [0.25, 0.3) is 0 Å². The lowest BCUT2D eigenvalue weighted by Gasteiger charge is -2.27. The van der Waals surface area contributed by atoms with E-state index >= 15 is 0 Å². The summed E-state index contributed by atoms with van der Waals surface area (Å²) in [6, 6.07) is 12.3. The van der Waals surface area contributed by atoms with Gasteiger partial charge in [-0.3, -0.25) is 4.79 Å². The summed E-state index contributed by atoms with van der Waals surface area (Å²) in [7, 11) is 1.49. The van der Waals surface area contributed by atoms with E-state index in [0.29, 0.717) is 26.9 Å². The molecule has 3 nitrogen and oxygen atoms in total. The Morgan fingerprint density at radius 3 is 2.55 bits per heavy atom. The second kappa shape index (κ2) is 4.77. The van der Waals surface area contributed by atoms with Gasteiger partial charge in [-0.1, -0.05) is 41.4 Å². The van der Waals surface area contributed by atoms with Crippen molar-refractivity contribution in [1.29, 1.82) is 0 Å². The summed E-state index contributed by atoms with van der Waals surface area (Å²) in [6.45, 7) is 0. The Hall–Kier alpha value is -1.55. The van der Waals surface area contributed by atoms with Crippen LogP contribution in [-0.2, 0) is 15.1 Å². The van der Waals surface area contributed by atoms with Crippen molar-refractivity contribution in [1.82, 2.24) is 0 Å². The topological polar surface area (TPSA) is 38.3 Å². The number of anilines is 1. The van der Waals surface area contributed by atoms with Gasteiger partial charge in [0.2, 0.25) is 0 Å². The molecule has 20 heavy (non-hydrogen) atoms. The van der Waals surface area contributed by atoms with E-state index < -0.39 is 5.60 Å². The maximum Gasteiger partial charge on any atom is 0.266 e. The molecule has 0 radical (unpaired) electrons. The fourth-order valence-electron chi connectivity index (χ4n) is 2.58. The van der Waals surface area contributed by atoms with Gasteiger partial charge in [0.1, 0.15) is 0 Å². The lowest BCUT2D eigenvalue weighted by Crippen LogP contribution is -2.37. The quantitative estimate of drug-likeness (QED) is 0.915. The first-order valence-electron chi connectivity index (χ1n) is 6.01. The Morgan fingerprint density at radius 1 is 1.10 bits per heavy atom. The molecule has 3 rings (SSSR count). The minimum atomic E-state index is -1.27. The molecule has 102 valence electrons. The lowest BCUT2D eigenvalue weighted by atomic mass is 9.87. The number of methoxy groups -OCH3 is 1. The summed E-state index contributed by atoms with van der Waals surface area (Å²) in [5.41, 5.74) is 0.688. The van der Waals surface area contributed by atoms with E-state index in [1.807, 2.05) is 6.07 Å². The molecule has 2 aromatic carbocycles. The largest absolute Gasteiger partial charge is 0.359 e. The molecule has 1 amide bonds. The van der Waals surface area contributed by atoms with E-state index in [2.05, 4.69) is 5.32 Å². The maximum absolute atomic E-state index is 12.5. The molecule has 0 aliphatic carbocycles. The van der Waals surface area contributed by atoms with Crippen LogP contribution < -0.4 is 5.32 Å². The zero-order chi connectivity index (χ0) is 14.3. The van der Waals surface area contributed by atoms with Crippen molar-refractivity contribution in [3.8, 4) is 0 Å². The summed E-state index contributed by atoms with van der Waals surface area (Å²) in [6.07, 6.45) is 0. The first-order valence-corrected chi connectivity index (χ1v) is 6.77. The zero-order valence-electron chi connectivity index (χ0n) is 10.6. The third-order valence-electron chi connectivity index (χ3n) is 3.49. The van der Waals surface area contributed by atoms with Crippen LogP contribution in [0.1, 0.15) is 11.1 Å². The van der Waals surface area contributed by atoms with Crippen molar-refractivity contribution in [2.45, 2.75) is 5.60 Å². The minimum absolute atomic E-state index is 0.273. The third-order valence-corrected chi connectivity index (χ3v) is 4.05. The molecule has 1 unspecified atom stereocenters. The number of ether oxygens (including phenoxy) is 1. The predicted molar refractivity (Wildman–Crippen MR) is 79.3 cm³/mol. The van der Waals surface area contributed by atoms with Crippen LogP contribution in [0.4, 0.5) is 5.69 Å². The number of hydrogen-bond donors (Lipinski definition) is 1. The fourth-order valence-corrected chi connectivity index (χ4v) is 3.02. The molecule has 0 aromatic heterocycles. The SMILES string of the molecule is COC1(c2ccccc2Cl)C(=O)Nc2ccc(Cl)cc21. The Balaban J connectivity index is 2.32. The second-order valence-corrected chi connectivity index (χ2v) is 5.35. The molecule has 1 heterocycles. The average molecular weight is 308 g/mol. The van der Waals surface area contributed by atoms with E-state index in [1.165, 1.54) is 7.11 Å². The highest BCUT2D eigenvalue weighted by atomic mass is 35.5. The Morgan fingerprint density at radius 2 is 1.85 bits per heavy atom. The Kier molecular flexibility index (Phi) is 3.21. The molecule has 0 bridgehead atoms. The monoisotopic (exact) mass is 307 g/mol.